The minimum Gasteiger partial charge on any atom is -0.496 e. The maximum Gasteiger partial charge on any atom is 0.249 e. The summed E-state index contributed by atoms with van der Waals surface area (Å²) in [5.41, 5.74) is 6.22. The van der Waals surface area contributed by atoms with Crippen LogP contribution in [0.25, 0.3) is 6.08 Å². The summed E-state index contributed by atoms with van der Waals surface area (Å²) in [6.07, 6.45) is 4.98. The molecule has 0 fully saturated rings. The highest BCUT2D eigenvalue weighted by Crippen LogP contribution is 2.18. The van der Waals surface area contributed by atoms with Crippen LogP contribution in [0.5, 0.6) is 5.75 Å². The Morgan fingerprint density at radius 1 is 1.48 bits per heavy atom. The van der Waals surface area contributed by atoms with Crippen molar-refractivity contribution in [3.63, 3.8) is 0 Å². The molecular formula is C16H18N4O3. The summed E-state index contributed by atoms with van der Waals surface area (Å²) in [4.78, 5) is 23.2. The van der Waals surface area contributed by atoms with Crippen molar-refractivity contribution in [2.45, 2.75) is 13.3 Å². The molecule has 0 spiro atoms. The first kappa shape index (κ1) is 16.4. The molecule has 7 nitrogen and oxygen atoms in total. The van der Waals surface area contributed by atoms with Gasteiger partial charge in [-0.3, -0.25) is 9.59 Å². The maximum absolute atomic E-state index is 11.7. The van der Waals surface area contributed by atoms with E-state index in [2.05, 4.69) is 21.1 Å². The Kier molecular flexibility index (Phi) is 5.62. The molecule has 2 N–H and O–H groups in total. The smallest absolute Gasteiger partial charge is 0.249 e. The van der Waals surface area contributed by atoms with E-state index in [9.17, 15) is 9.59 Å². The van der Waals surface area contributed by atoms with E-state index in [1.807, 2.05) is 30.3 Å². The molecule has 1 aliphatic heterocycles. The van der Waals surface area contributed by atoms with Crippen LogP contribution in [0, 0.1) is 5.92 Å². The number of carbonyl (C=O) groups is 2. The molecule has 0 saturated carbocycles. The van der Waals surface area contributed by atoms with Gasteiger partial charge in [-0.25, -0.2) is 10.9 Å². The van der Waals surface area contributed by atoms with E-state index >= 15 is 0 Å². The van der Waals surface area contributed by atoms with Crippen molar-refractivity contribution in [1.29, 1.82) is 0 Å². The number of amides is 2. The van der Waals surface area contributed by atoms with Crippen LogP contribution in [-0.2, 0) is 9.59 Å². The fourth-order valence-corrected chi connectivity index (χ4v) is 2.06. The summed E-state index contributed by atoms with van der Waals surface area (Å²) in [6.45, 7) is 1.70. The molecule has 7 heteroatoms. The van der Waals surface area contributed by atoms with Crippen LogP contribution < -0.4 is 15.6 Å². The third kappa shape index (κ3) is 4.50. The SMILES string of the molecule is COc1ccccc1/C=C/C=N\NC(=O)C[C@H]1C(=O)NN=C1C. The Morgan fingerprint density at radius 2 is 2.26 bits per heavy atom. The summed E-state index contributed by atoms with van der Waals surface area (Å²) in [7, 11) is 1.60. The van der Waals surface area contributed by atoms with Crippen LogP contribution >= 0.6 is 0 Å². The monoisotopic (exact) mass is 314 g/mol. The number of rotatable bonds is 6. The van der Waals surface area contributed by atoms with Crippen molar-refractivity contribution in [1.82, 2.24) is 10.9 Å². The lowest BCUT2D eigenvalue weighted by atomic mass is 10.0. The van der Waals surface area contributed by atoms with Gasteiger partial charge >= 0.3 is 0 Å². The minimum absolute atomic E-state index is 0.0225. The highest BCUT2D eigenvalue weighted by Gasteiger charge is 2.28. The number of nitrogens with zero attached hydrogens (tertiary/aromatic N) is 2. The molecule has 1 aromatic rings. The summed E-state index contributed by atoms with van der Waals surface area (Å²) >= 11 is 0. The Balaban J connectivity index is 1.82. The predicted octanol–water partition coefficient (Wildman–Crippen LogP) is 1.32. The number of nitrogens with one attached hydrogen (secondary N) is 2. The summed E-state index contributed by atoms with van der Waals surface area (Å²) < 4.78 is 5.22. The first-order valence-electron chi connectivity index (χ1n) is 7.07. The van der Waals surface area contributed by atoms with Gasteiger partial charge in [0, 0.05) is 23.9 Å². The molecule has 0 aliphatic carbocycles. The predicted molar refractivity (Wildman–Crippen MR) is 88.0 cm³/mol. The standard InChI is InChI=1S/C16H18N4O3/c1-11-13(16(22)20-18-11)10-15(21)19-17-9-5-7-12-6-3-4-8-14(12)23-2/h3-9,13H,10H2,1-2H3,(H,19,21)(H,20,22)/b7-5+,17-9-/t13-/m1/s1. The zero-order valence-corrected chi connectivity index (χ0v) is 12.9. The second-order valence-electron chi connectivity index (χ2n) is 4.90. The van der Waals surface area contributed by atoms with E-state index in [0.29, 0.717) is 5.71 Å². The zero-order valence-electron chi connectivity index (χ0n) is 12.9. The Bertz CT molecular complexity index is 680. The molecule has 2 rings (SSSR count). The average molecular weight is 314 g/mol. The van der Waals surface area contributed by atoms with Crippen molar-refractivity contribution in [3.05, 3.63) is 35.9 Å². The van der Waals surface area contributed by atoms with Gasteiger partial charge in [0.15, 0.2) is 0 Å². The second-order valence-corrected chi connectivity index (χ2v) is 4.90. The summed E-state index contributed by atoms with van der Waals surface area (Å²) in [5.74, 6) is -0.376. The third-order valence-corrected chi connectivity index (χ3v) is 3.32. The molecule has 0 saturated heterocycles. The second kappa shape index (κ2) is 7.88. The van der Waals surface area contributed by atoms with Crippen LogP contribution in [0.4, 0.5) is 0 Å². The van der Waals surface area contributed by atoms with Crippen molar-refractivity contribution in [2.75, 3.05) is 7.11 Å². The number of hydrazone groups is 2. The van der Waals surface area contributed by atoms with Gasteiger partial charge in [0.05, 0.1) is 13.0 Å². The van der Waals surface area contributed by atoms with Gasteiger partial charge in [-0.15, -0.1) is 0 Å². The van der Waals surface area contributed by atoms with E-state index in [1.54, 1.807) is 20.1 Å². The third-order valence-electron chi connectivity index (χ3n) is 3.32. The van der Waals surface area contributed by atoms with Crippen LogP contribution in [0.1, 0.15) is 18.9 Å². The van der Waals surface area contributed by atoms with Crippen molar-refractivity contribution >= 4 is 29.8 Å². The topological polar surface area (TPSA) is 92.1 Å². The van der Waals surface area contributed by atoms with Crippen LogP contribution in [0.3, 0.4) is 0 Å². The number of para-hydroxylation sites is 1. The van der Waals surface area contributed by atoms with Crippen LogP contribution in [0.2, 0.25) is 0 Å². The van der Waals surface area contributed by atoms with E-state index in [-0.39, 0.29) is 18.2 Å². The Hall–Kier alpha value is -2.96. The lowest BCUT2D eigenvalue weighted by Gasteiger charge is -2.05. The zero-order chi connectivity index (χ0) is 16.7. The van der Waals surface area contributed by atoms with E-state index in [1.165, 1.54) is 6.21 Å². The lowest BCUT2D eigenvalue weighted by molar-refractivity contribution is -0.127. The number of hydrogen-bond acceptors (Lipinski definition) is 5. The quantitative estimate of drug-likeness (QED) is 0.613. The van der Waals surface area contributed by atoms with Crippen LogP contribution in [-0.4, -0.2) is 30.9 Å². The molecule has 0 radical (unpaired) electrons. The maximum atomic E-state index is 11.7. The number of ether oxygens (including phenoxy) is 1. The summed E-state index contributed by atoms with van der Waals surface area (Å²) in [6, 6.07) is 7.55. The normalized spacial score (nSPS) is 17.4. The van der Waals surface area contributed by atoms with Crippen LogP contribution in [0.15, 0.2) is 40.5 Å². The molecule has 2 amide bonds. The number of allylic oxidation sites excluding steroid dienone is 1. The molecule has 23 heavy (non-hydrogen) atoms. The van der Waals surface area contributed by atoms with Gasteiger partial charge in [-0.2, -0.15) is 10.2 Å². The van der Waals surface area contributed by atoms with Crippen molar-refractivity contribution in [2.24, 2.45) is 16.1 Å². The number of carbonyl (C=O) groups excluding carboxylic acids is 2. The molecular weight excluding hydrogens is 296 g/mol. The number of benzene rings is 1. The van der Waals surface area contributed by atoms with Crippen molar-refractivity contribution in [3.8, 4) is 5.75 Å². The number of hydrogen-bond donors (Lipinski definition) is 2. The molecule has 0 aromatic heterocycles. The van der Waals surface area contributed by atoms with E-state index in [0.717, 1.165) is 11.3 Å². The lowest BCUT2D eigenvalue weighted by Crippen LogP contribution is -2.29. The van der Waals surface area contributed by atoms with E-state index < -0.39 is 5.92 Å². The van der Waals surface area contributed by atoms with Gasteiger partial charge in [0.2, 0.25) is 11.8 Å². The average Bonchev–Trinajstić information content (AvgIpc) is 2.87. The molecule has 0 unspecified atom stereocenters. The van der Waals surface area contributed by atoms with E-state index in [4.69, 9.17) is 4.74 Å². The van der Waals surface area contributed by atoms with Gasteiger partial charge in [0.1, 0.15) is 5.75 Å². The Morgan fingerprint density at radius 3 is 2.96 bits per heavy atom. The molecule has 1 heterocycles. The highest BCUT2D eigenvalue weighted by atomic mass is 16.5. The minimum atomic E-state index is -0.519. The molecule has 1 aliphatic rings. The molecule has 0 bridgehead atoms. The molecule has 120 valence electrons. The first-order chi connectivity index (χ1) is 11.1. The van der Waals surface area contributed by atoms with Gasteiger partial charge < -0.3 is 4.74 Å². The van der Waals surface area contributed by atoms with Gasteiger partial charge in [-0.05, 0) is 25.1 Å². The fraction of sp³-hybridized carbons (Fsp3) is 0.250. The molecule has 1 aromatic carbocycles. The highest BCUT2D eigenvalue weighted by molar-refractivity contribution is 6.09. The first-order valence-corrected chi connectivity index (χ1v) is 7.07. The largest absolute Gasteiger partial charge is 0.496 e. The van der Waals surface area contributed by atoms with Crippen molar-refractivity contribution < 1.29 is 14.3 Å². The van der Waals surface area contributed by atoms with Gasteiger partial charge in [-0.1, -0.05) is 18.2 Å². The fourth-order valence-electron chi connectivity index (χ4n) is 2.06. The number of methoxy groups -OCH3 is 1. The van der Waals surface area contributed by atoms with Gasteiger partial charge in [0.25, 0.3) is 0 Å². The molecule has 1 atom stereocenters. The Labute approximate surface area is 134 Å². The summed E-state index contributed by atoms with van der Waals surface area (Å²) in [5, 5.41) is 7.60.